The van der Waals surface area contributed by atoms with Crippen molar-refractivity contribution in [2.75, 3.05) is 43.9 Å². The number of carboxylic acids is 1. The summed E-state index contributed by atoms with van der Waals surface area (Å²) >= 11 is 11.8. The van der Waals surface area contributed by atoms with E-state index in [1.165, 1.54) is 37.3 Å². The second kappa shape index (κ2) is 27.8. The fraction of sp³-hybridized carbons (Fsp3) is 0.316. The molecule has 2 heterocycles. The van der Waals surface area contributed by atoms with E-state index in [0.29, 0.717) is 96.7 Å². The van der Waals surface area contributed by atoms with Crippen molar-refractivity contribution in [2.24, 2.45) is 11.5 Å². The Kier molecular flexibility index (Phi) is 20.5. The van der Waals surface area contributed by atoms with Crippen molar-refractivity contribution in [1.82, 2.24) is 31.6 Å². The van der Waals surface area contributed by atoms with E-state index in [9.17, 15) is 43.8 Å². The van der Waals surface area contributed by atoms with Gasteiger partial charge in [-0.15, -0.1) is 0 Å². The molecule has 5 aromatic rings. The largest absolute Gasteiger partial charge is 0.508 e. The predicted molar refractivity (Wildman–Crippen MR) is 311 cm³/mol. The summed E-state index contributed by atoms with van der Waals surface area (Å²) in [7, 11) is 1.59. The Balaban J connectivity index is 0.881. The first-order valence-corrected chi connectivity index (χ1v) is 26.8. The molecule has 0 spiro atoms. The van der Waals surface area contributed by atoms with Gasteiger partial charge in [-0.3, -0.25) is 28.8 Å². The maximum absolute atomic E-state index is 13.7. The molecule has 1 aliphatic carbocycles. The van der Waals surface area contributed by atoms with Crippen LogP contribution in [-0.4, -0.2) is 107 Å². The van der Waals surface area contributed by atoms with Crippen molar-refractivity contribution in [3.8, 4) is 33.9 Å². The number of carboxylic acid groups (broad SMARTS) is 1. The normalized spacial score (nSPS) is 12.3. The van der Waals surface area contributed by atoms with Crippen LogP contribution in [0.1, 0.15) is 75.1 Å². The first-order valence-electron chi connectivity index (χ1n) is 26.0. The van der Waals surface area contributed by atoms with Crippen LogP contribution in [0, 0.1) is 0 Å². The van der Waals surface area contributed by atoms with Gasteiger partial charge in [0.2, 0.25) is 29.5 Å². The summed E-state index contributed by atoms with van der Waals surface area (Å²) in [6.07, 6.45) is 3.65. The van der Waals surface area contributed by atoms with Gasteiger partial charge in [0, 0.05) is 70.1 Å². The number of rotatable bonds is 27. The smallest absolute Gasteiger partial charge is 0.336 e. The number of fused-ring (bicyclic) bond motifs is 4. The minimum Gasteiger partial charge on any atom is -0.508 e. The Hall–Kier alpha value is -8.60. The van der Waals surface area contributed by atoms with E-state index >= 15 is 0 Å². The number of ether oxygens (including phenoxy) is 1. The van der Waals surface area contributed by atoms with Crippen LogP contribution in [0.5, 0.6) is 11.5 Å². The number of phenols is 1. The molecule has 420 valence electrons. The summed E-state index contributed by atoms with van der Waals surface area (Å²) in [4.78, 5) is 94.8. The lowest BCUT2D eigenvalue weighted by atomic mass is 9.90. The molecule has 1 aromatic heterocycles. The van der Waals surface area contributed by atoms with Crippen molar-refractivity contribution < 1.29 is 48.1 Å². The van der Waals surface area contributed by atoms with Crippen LogP contribution < -0.4 is 58.9 Å². The van der Waals surface area contributed by atoms with Crippen molar-refractivity contribution in [1.29, 1.82) is 0 Å². The number of hydrogen-bond acceptors (Lipinski definition) is 14. The number of pyridine rings is 1. The molecule has 0 bridgehead atoms. The lowest BCUT2D eigenvalue weighted by Gasteiger charge is -2.23. The van der Waals surface area contributed by atoms with Gasteiger partial charge in [-0.2, -0.15) is 0 Å². The molecule has 3 atom stereocenters. The van der Waals surface area contributed by atoms with Gasteiger partial charge in [0.25, 0.3) is 0 Å². The maximum atomic E-state index is 13.7. The number of nitrogens with zero attached hydrogens (tertiary/aromatic N) is 1. The van der Waals surface area contributed by atoms with Crippen LogP contribution in [-0.2, 0) is 24.0 Å². The van der Waals surface area contributed by atoms with E-state index in [0.717, 1.165) is 27.5 Å². The van der Waals surface area contributed by atoms with Gasteiger partial charge in [0.05, 0.1) is 35.9 Å². The van der Waals surface area contributed by atoms with Crippen molar-refractivity contribution in [2.45, 2.75) is 82.8 Å². The topological polar surface area (TPSA) is 331 Å². The SMILES string of the molecule is COc1ccc2nc3cc(Cl)ccc3c(NCCCCC(NC(=O)CNC(=O)C(CCCCN)NC(=O)C(CCCCNC(=S)Nc3ccc(-c4c5ccc(=O)cc-5oc5cc(O)ccc45)c(C(=O)O)c3)NC(C)=O)C(N)=O)c2c1. The first-order chi connectivity index (χ1) is 38.4. The summed E-state index contributed by atoms with van der Waals surface area (Å²) in [6, 6.07) is 21.3. The standard InChI is InChI=1S/C57H63ClN10O11S/c1-31(69)64-46(11-5-8-24-62-57(80)65-33-13-18-37(41(26-33)56(76)77)51-39-19-14-34(70)27-48(39)79-49-28-35(71)15-20-40(49)51)55(75)68-45(10-3-6-22-59)54(74)63-30-50(72)67-44(53(60)73)9-4-7-23-61-52-38-17-12-32(58)25-47(38)66-43-21-16-36(78-2)29-42(43)52/h12-21,25-29,44-46,70H,3-11,22-24,30,59H2,1-2H3,(H2,60,73)(H,61,66)(H,63,74)(H,64,69)(H,67,72)(H,68,75)(H,76,77)(H2,62,65,80). The number of aromatic hydroxyl groups is 1. The second-order valence-corrected chi connectivity index (χ2v) is 19.9. The second-order valence-electron chi connectivity index (χ2n) is 19.1. The Bertz CT molecular complexity index is 3490. The molecule has 4 aromatic carbocycles. The number of carbonyl (C=O) groups is 6. The van der Waals surface area contributed by atoms with Crippen LogP contribution in [0.15, 0.2) is 100 Å². The van der Waals surface area contributed by atoms with Gasteiger partial charge >= 0.3 is 5.97 Å². The molecule has 13 N–H and O–H groups in total. The number of nitrogens with two attached hydrogens (primary N) is 2. The number of amides is 5. The van der Waals surface area contributed by atoms with E-state index in [4.69, 9.17) is 49.4 Å². The van der Waals surface area contributed by atoms with E-state index in [1.807, 2.05) is 24.3 Å². The molecule has 0 saturated carbocycles. The highest BCUT2D eigenvalue weighted by Crippen LogP contribution is 2.42. The number of halogens is 1. The van der Waals surface area contributed by atoms with Gasteiger partial charge in [0.15, 0.2) is 10.5 Å². The number of carbonyl (C=O) groups excluding carboxylic acids is 5. The maximum Gasteiger partial charge on any atom is 0.336 e. The zero-order chi connectivity index (χ0) is 57.5. The third-order valence-electron chi connectivity index (χ3n) is 13.2. The Morgan fingerprint density at radius 3 is 2.17 bits per heavy atom. The highest BCUT2D eigenvalue weighted by Gasteiger charge is 2.28. The Morgan fingerprint density at radius 1 is 0.738 bits per heavy atom. The minimum atomic E-state index is -1.23. The number of aromatic carboxylic acids is 1. The fourth-order valence-electron chi connectivity index (χ4n) is 9.29. The molecule has 0 saturated heterocycles. The number of anilines is 2. The molecule has 0 fully saturated rings. The summed E-state index contributed by atoms with van der Waals surface area (Å²) in [5.41, 5.74) is 15.3. The Labute approximate surface area is 470 Å². The summed E-state index contributed by atoms with van der Waals surface area (Å²) in [5.74, 6) is -3.56. The predicted octanol–water partition coefficient (Wildman–Crippen LogP) is 6.28. The zero-order valence-corrected chi connectivity index (χ0v) is 45.6. The van der Waals surface area contributed by atoms with E-state index < -0.39 is 60.2 Å². The van der Waals surface area contributed by atoms with Gasteiger partial charge in [-0.25, -0.2) is 9.78 Å². The quantitative estimate of drug-likeness (QED) is 0.0153. The molecule has 23 heteroatoms. The fourth-order valence-corrected chi connectivity index (χ4v) is 9.67. The number of aromatic nitrogens is 1. The van der Waals surface area contributed by atoms with Crippen LogP contribution in [0.4, 0.5) is 11.4 Å². The van der Waals surface area contributed by atoms with Crippen LogP contribution in [0.25, 0.3) is 55.2 Å². The first kappa shape index (κ1) is 59.1. The van der Waals surface area contributed by atoms with Gasteiger partial charge in [0.1, 0.15) is 41.0 Å². The number of thiocarbonyl (C=S) groups is 1. The van der Waals surface area contributed by atoms with Crippen molar-refractivity contribution >= 4 is 109 Å². The molecule has 80 heavy (non-hydrogen) atoms. The number of nitrogens with one attached hydrogen (secondary N) is 7. The molecular formula is C57H63ClN10O11S. The van der Waals surface area contributed by atoms with Crippen molar-refractivity contribution in [3.05, 3.63) is 112 Å². The van der Waals surface area contributed by atoms with Gasteiger partial charge in [-0.05, 0) is 155 Å². The third-order valence-corrected chi connectivity index (χ3v) is 13.7. The van der Waals surface area contributed by atoms with Crippen molar-refractivity contribution in [3.63, 3.8) is 0 Å². The number of hydrogen-bond donors (Lipinski definition) is 11. The van der Waals surface area contributed by atoms with Gasteiger partial charge < -0.3 is 68.1 Å². The molecule has 7 rings (SSSR count). The molecule has 0 radical (unpaired) electrons. The molecule has 3 unspecified atom stereocenters. The number of methoxy groups -OCH3 is 1. The van der Waals surface area contributed by atoms with Gasteiger partial charge in [-0.1, -0.05) is 17.7 Å². The summed E-state index contributed by atoms with van der Waals surface area (Å²) < 4.78 is 11.4. The molecule has 5 amide bonds. The number of primary amides is 1. The highest BCUT2D eigenvalue weighted by molar-refractivity contribution is 7.80. The lowest BCUT2D eigenvalue weighted by molar-refractivity contribution is -0.133. The van der Waals surface area contributed by atoms with E-state index in [-0.39, 0.29) is 52.5 Å². The molecule has 1 aliphatic heterocycles. The number of benzene rings is 5. The lowest BCUT2D eigenvalue weighted by Crippen LogP contribution is -2.55. The third kappa shape index (κ3) is 15.6. The monoisotopic (exact) mass is 1130 g/mol. The van der Waals surface area contributed by atoms with E-state index in [1.54, 1.807) is 43.5 Å². The average molecular weight is 1130 g/mol. The molecular weight excluding hydrogens is 1070 g/mol. The average Bonchev–Trinajstić information content (AvgIpc) is 3.61. The van der Waals surface area contributed by atoms with Crippen LogP contribution in [0.2, 0.25) is 5.02 Å². The summed E-state index contributed by atoms with van der Waals surface area (Å²) in [5, 5.41) is 43.6. The van der Waals surface area contributed by atoms with Crippen LogP contribution >= 0.6 is 23.8 Å². The van der Waals surface area contributed by atoms with Crippen LogP contribution in [0.3, 0.4) is 0 Å². The summed E-state index contributed by atoms with van der Waals surface area (Å²) in [6.45, 7) is 1.94. The molecule has 2 aliphatic rings. The van der Waals surface area contributed by atoms with E-state index in [2.05, 4.69) is 37.2 Å². The minimum absolute atomic E-state index is 0.0706. The number of phenolic OH excluding ortho intramolecular Hbond substituents is 1. The highest BCUT2D eigenvalue weighted by atomic mass is 35.5. The number of unbranched alkanes of at least 4 members (excludes halogenated alkanes) is 3. The Morgan fingerprint density at radius 2 is 1.45 bits per heavy atom. The zero-order valence-electron chi connectivity index (χ0n) is 44.0. The molecule has 21 nitrogen and oxygen atoms in total.